The maximum atomic E-state index is 5.77. The van der Waals surface area contributed by atoms with Crippen LogP contribution in [0.1, 0.15) is 0 Å². The van der Waals surface area contributed by atoms with Crippen LogP contribution >= 0.6 is 0 Å². The number of aromatic nitrogens is 5. The molecule has 3 N–H and O–H groups in total. The van der Waals surface area contributed by atoms with E-state index in [1.807, 2.05) is 30.5 Å². The number of anilines is 1. The van der Waals surface area contributed by atoms with Crippen molar-refractivity contribution >= 4 is 27.9 Å². The minimum absolute atomic E-state index is 0.209. The second-order valence-corrected chi connectivity index (χ2v) is 4.43. The predicted octanol–water partition coefficient (Wildman–Crippen LogP) is 2.15. The fourth-order valence-electron chi connectivity index (χ4n) is 2.36. The van der Waals surface area contributed by atoms with E-state index in [1.165, 1.54) is 0 Å². The molecular weight excluding hydrogens is 252 g/mol. The molecule has 3 heterocycles. The van der Waals surface area contributed by atoms with Crippen LogP contribution in [0.25, 0.3) is 33.2 Å². The van der Waals surface area contributed by atoms with Gasteiger partial charge in [0.05, 0.1) is 6.33 Å². The Morgan fingerprint density at radius 2 is 2.05 bits per heavy atom. The van der Waals surface area contributed by atoms with Crippen molar-refractivity contribution in [3.63, 3.8) is 0 Å². The number of nitrogens with one attached hydrogen (secondary N) is 1. The fraction of sp³-hybridized carbons (Fsp3) is 0. The molecule has 1 aromatic carbocycles. The average Bonchev–Trinajstić information content (AvgIpc) is 2.94. The molecule has 0 saturated heterocycles. The highest BCUT2D eigenvalue weighted by Gasteiger charge is 2.13. The maximum Gasteiger partial charge on any atom is 0.222 e. The number of aromatic amines is 1. The van der Waals surface area contributed by atoms with Crippen molar-refractivity contribution in [1.29, 1.82) is 0 Å². The van der Waals surface area contributed by atoms with E-state index >= 15 is 0 Å². The van der Waals surface area contributed by atoms with Gasteiger partial charge in [0, 0.05) is 23.3 Å². The molecule has 6 heteroatoms. The zero-order chi connectivity index (χ0) is 13.5. The number of benzene rings is 1. The van der Waals surface area contributed by atoms with Crippen LogP contribution in [0, 0.1) is 0 Å². The van der Waals surface area contributed by atoms with Crippen molar-refractivity contribution in [2.24, 2.45) is 0 Å². The normalized spacial score (nSPS) is 11.2. The summed E-state index contributed by atoms with van der Waals surface area (Å²) in [6.45, 7) is 0. The minimum Gasteiger partial charge on any atom is -0.368 e. The van der Waals surface area contributed by atoms with Gasteiger partial charge in [-0.2, -0.15) is 4.98 Å². The van der Waals surface area contributed by atoms with Gasteiger partial charge in [0.15, 0.2) is 5.65 Å². The van der Waals surface area contributed by atoms with E-state index in [0.29, 0.717) is 5.65 Å². The molecule has 0 fully saturated rings. The summed E-state index contributed by atoms with van der Waals surface area (Å²) in [5.41, 5.74) is 8.81. The van der Waals surface area contributed by atoms with Crippen LogP contribution in [0.3, 0.4) is 0 Å². The first-order chi connectivity index (χ1) is 9.83. The first-order valence-electron chi connectivity index (χ1n) is 6.12. The summed E-state index contributed by atoms with van der Waals surface area (Å²) in [5, 5.41) is 2.12. The Morgan fingerprint density at radius 3 is 3.00 bits per heavy atom. The van der Waals surface area contributed by atoms with E-state index < -0.39 is 0 Å². The number of hydrogen-bond acceptors (Lipinski definition) is 5. The van der Waals surface area contributed by atoms with Gasteiger partial charge in [0.2, 0.25) is 5.95 Å². The molecule has 0 aliphatic carbocycles. The Balaban J connectivity index is 2.14. The smallest absolute Gasteiger partial charge is 0.222 e. The molecule has 6 nitrogen and oxygen atoms in total. The van der Waals surface area contributed by atoms with Crippen molar-refractivity contribution in [1.82, 2.24) is 24.9 Å². The number of H-pyrrole nitrogens is 1. The Morgan fingerprint density at radius 1 is 1.10 bits per heavy atom. The summed E-state index contributed by atoms with van der Waals surface area (Å²) in [7, 11) is 0. The lowest BCUT2D eigenvalue weighted by atomic mass is 10.0. The van der Waals surface area contributed by atoms with Crippen LogP contribution in [-0.2, 0) is 0 Å². The van der Waals surface area contributed by atoms with Gasteiger partial charge in [-0.05, 0) is 11.5 Å². The van der Waals surface area contributed by atoms with Gasteiger partial charge < -0.3 is 10.7 Å². The van der Waals surface area contributed by atoms with Crippen molar-refractivity contribution in [2.75, 3.05) is 5.73 Å². The predicted molar refractivity (Wildman–Crippen MR) is 76.8 cm³/mol. The summed E-state index contributed by atoms with van der Waals surface area (Å²) in [5.74, 6) is 0.209. The second kappa shape index (κ2) is 3.99. The number of pyridine rings is 1. The third kappa shape index (κ3) is 1.51. The quantitative estimate of drug-likeness (QED) is 0.548. The third-order valence-corrected chi connectivity index (χ3v) is 3.24. The molecular formula is C14H10N6. The molecule has 0 amide bonds. The maximum absolute atomic E-state index is 5.77. The summed E-state index contributed by atoms with van der Waals surface area (Å²) < 4.78 is 0. The van der Waals surface area contributed by atoms with Gasteiger partial charge in [-0.3, -0.25) is 4.98 Å². The van der Waals surface area contributed by atoms with Crippen LogP contribution in [0.4, 0.5) is 5.95 Å². The van der Waals surface area contributed by atoms with Gasteiger partial charge in [0.1, 0.15) is 11.2 Å². The first-order valence-corrected chi connectivity index (χ1v) is 6.12. The van der Waals surface area contributed by atoms with E-state index in [2.05, 4.69) is 24.9 Å². The van der Waals surface area contributed by atoms with Gasteiger partial charge in [-0.25, -0.2) is 9.97 Å². The van der Waals surface area contributed by atoms with Crippen molar-refractivity contribution in [3.8, 4) is 11.3 Å². The number of nitrogens with two attached hydrogens (primary N) is 1. The van der Waals surface area contributed by atoms with Gasteiger partial charge in [-0.15, -0.1) is 0 Å². The van der Waals surface area contributed by atoms with Crippen molar-refractivity contribution < 1.29 is 0 Å². The highest BCUT2D eigenvalue weighted by molar-refractivity contribution is 6.01. The van der Waals surface area contributed by atoms with Gasteiger partial charge >= 0.3 is 0 Å². The molecule has 20 heavy (non-hydrogen) atoms. The first kappa shape index (κ1) is 10.9. The van der Waals surface area contributed by atoms with Crippen LogP contribution in [0.15, 0.2) is 43.0 Å². The highest BCUT2D eigenvalue weighted by Crippen LogP contribution is 2.30. The molecule has 0 unspecified atom stereocenters. The molecule has 3 aromatic heterocycles. The van der Waals surface area contributed by atoms with E-state index in [0.717, 1.165) is 27.5 Å². The molecule has 4 aromatic rings. The van der Waals surface area contributed by atoms with Crippen LogP contribution < -0.4 is 5.73 Å². The number of fused-ring (bicyclic) bond motifs is 2. The molecule has 4 rings (SSSR count). The zero-order valence-electron chi connectivity index (χ0n) is 10.4. The lowest BCUT2D eigenvalue weighted by Crippen LogP contribution is -1.98. The molecule has 0 aliphatic rings. The molecule has 0 spiro atoms. The Bertz CT molecular complexity index is 922. The van der Waals surface area contributed by atoms with E-state index in [4.69, 9.17) is 5.73 Å². The molecule has 0 atom stereocenters. The number of nitrogen functional groups attached to an aromatic ring is 1. The Hall–Kier alpha value is -3.02. The highest BCUT2D eigenvalue weighted by atomic mass is 15.1. The standard InChI is InChI=1S/C14H10N6/c15-14-19-11(12-13(20-14)18-7-17-12)9-3-1-2-8-4-5-16-6-10(8)9/h1-7H,(H3,15,17,18,19,20). The molecule has 0 bridgehead atoms. The SMILES string of the molecule is Nc1nc(-c2cccc3ccncc23)c2[nH]cnc2n1. The number of rotatable bonds is 1. The topological polar surface area (TPSA) is 93.4 Å². The Kier molecular flexibility index (Phi) is 2.17. The van der Waals surface area contributed by atoms with Gasteiger partial charge in [0.25, 0.3) is 0 Å². The van der Waals surface area contributed by atoms with Gasteiger partial charge in [-0.1, -0.05) is 18.2 Å². The largest absolute Gasteiger partial charge is 0.368 e. The minimum atomic E-state index is 0.209. The van der Waals surface area contributed by atoms with E-state index in [9.17, 15) is 0 Å². The second-order valence-electron chi connectivity index (χ2n) is 4.43. The third-order valence-electron chi connectivity index (χ3n) is 3.24. The van der Waals surface area contributed by atoms with E-state index in [1.54, 1.807) is 12.5 Å². The molecule has 0 radical (unpaired) electrons. The monoisotopic (exact) mass is 262 g/mol. The zero-order valence-corrected chi connectivity index (χ0v) is 10.4. The summed E-state index contributed by atoms with van der Waals surface area (Å²) in [6, 6.07) is 7.98. The lowest BCUT2D eigenvalue weighted by molar-refractivity contribution is 1.22. The molecule has 0 saturated carbocycles. The van der Waals surface area contributed by atoms with Crippen molar-refractivity contribution in [3.05, 3.63) is 43.0 Å². The van der Waals surface area contributed by atoms with Crippen LogP contribution in [0.2, 0.25) is 0 Å². The molecule has 0 aliphatic heterocycles. The summed E-state index contributed by atoms with van der Waals surface area (Å²) in [4.78, 5) is 19.9. The van der Waals surface area contributed by atoms with E-state index in [-0.39, 0.29) is 5.95 Å². The van der Waals surface area contributed by atoms with Crippen LogP contribution in [-0.4, -0.2) is 24.9 Å². The number of nitrogens with zero attached hydrogens (tertiary/aromatic N) is 4. The number of imidazole rings is 1. The fourth-order valence-corrected chi connectivity index (χ4v) is 2.36. The lowest BCUT2D eigenvalue weighted by Gasteiger charge is -2.07. The Labute approximate surface area is 113 Å². The number of hydrogen-bond donors (Lipinski definition) is 2. The summed E-state index contributed by atoms with van der Waals surface area (Å²) in [6.07, 6.45) is 5.18. The average molecular weight is 262 g/mol. The van der Waals surface area contributed by atoms with Crippen molar-refractivity contribution in [2.45, 2.75) is 0 Å². The van der Waals surface area contributed by atoms with Crippen LogP contribution in [0.5, 0.6) is 0 Å². The molecule has 96 valence electrons. The summed E-state index contributed by atoms with van der Waals surface area (Å²) >= 11 is 0.